The molecule has 0 N–H and O–H groups in total. The summed E-state index contributed by atoms with van der Waals surface area (Å²) in [6.45, 7) is 13.8. The van der Waals surface area contributed by atoms with Crippen molar-refractivity contribution in [2.24, 2.45) is 0 Å². The number of furan rings is 1. The Morgan fingerprint density at radius 3 is 1.18 bits per heavy atom. The molecule has 0 fully saturated rings. The monoisotopic (exact) mass is 929 g/mol. The lowest BCUT2D eigenvalue weighted by Gasteiger charge is -2.26. The van der Waals surface area contributed by atoms with Gasteiger partial charge < -0.3 is 18.5 Å². The lowest BCUT2D eigenvalue weighted by Crippen LogP contribution is -2.10. The number of anilines is 3. The van der Waals surface area contributed by atoms with Gasteiger partial charge in [0.05, 0.1) is 22.1 Å². The molecule has 3 heterocycles. The van der Waals surface area contributed by atoms with Gasteiger partial charge in [-0.3, -0.25) is 0 Å². The molecule has 13 rings (SSSR count). The zero-order valence-corrected chi connectivity index (χ0v) is 41.6. The molecule has 0 amide bonds. The molecular weight excluding hydrogens is 875 g/mol. The summed E-state index contributed by atoms with van der Waals surface area (Å²) in [4.78, 5) is 2.37. The lowest BCUT2D eigenvalue weighted by molar-refractivity contribution is 0.590. The Hall–Kier alpha value is -8.60. The van der Waals surface area contributed by atoms with Gasteiger partial charge in [0.25, 0.3) is 0 Å². The maximum atomic E-state index is 6.35. The molecule has 13 aromatic rings. The van der Waals surface area contributed by atoms with Gasteiger partial charge in [0.1, 0.15) is 11.2 Å². The van der Waals surface area contributed by atoms with Crippen LogP contribution in [-0.2, 0) is 10.8 Å². The Morgan fingerprint density at radius 1 is 0.306 bits per heavy atom. The van der Waals surface area contributed by atoms with Crippen LogP contribution in [0.25, 0.3) is 99.2 Å². The Kier molecular flexibility index (Phi) is 9.95. The topological polar surface area (TPSA) is 26.2 Å². The molecule has 0 saturated heterocycles. The van der Waals surface area contributed by atoms with Crippen LogP contribution in [0.1, 0.15) is 52.7 Å². The summed E-state index contributed by atoms with van der Waals surface area (Å²) in [6.07, 6.45) is 0. The summed E-state index contributed by atoms with van der Waals surface area (Å²) in [7, 11) is 0. The molecule has 10 aromatic carbocycles. The number of hydrogen-bond acceptors (Lipinski definition) is 2. The van der Waals surface area contributed by atoms with Crippen molar-refractivity contribution in [2.45, 2.75) is 52.4 Å². The number of nitrogens with zero attached hydrogens (tertiary/aromatic N) is 3. The second kappa shape index (κ2) is 16.5. The van der Waals surface area contributed by atoms with Gasteiger partial charge in [-0.15, -0.1) is 0 Å². The summed E-state index contributed by atoms with van der Waals surface area (Å²) in [5, 5.41) is 7.21. The van der Waals surface area contributed by atoms with E-state index in [0.717, 1.165) is 50.4 Å². The largest absolute Gasteiger partial charge is 0.456 e. The Labute approximate surface area is 420 Å². The Morgan fingerprint density at radius 2 is 0.708 bits per heavy atom. The Bertz CT molecular complexity index is 4030. The third kappa shape index (κ3) is 7.28. The highest BCUT2D eigenvalue weighted by atomic mass is 16.3. The van der Waals surface area contributed by atoms with Gasteiger partial charge in [-0.05, 0) is 166 Å². The van der Waals surface area contributed by atoms with Crippen LogP contribution < -0.4 is 4.90 Å². The van der Waals surface area contributed by atoms with Crippen LogP contribution >= 0.6 is 0 Å². The van der Waals surface area contributed by atoms with Gasteiger partial charge in [0, 0.05) is 60.8 Å². The number of rotatable bonds is 7. The van der Waals surface area contributed by atoms with Crippen molar-refractivity contribution >= 4 is 82.6 Å². The first-order valence-electron chi connectivity index (χ1n) is 25.2. The zero-order valence-electron chi connectivity index (χ0n) is 41.6. The summed E-state index contributed by atoms with van der Waals surface area (Å²) < 4.78 is 11.2. The molecule has 4 heteroatoms. The fourth-order valence-corrected chi connectivity index (χ4v) is 11.0. The molecular formula is C68H55N3O. The summed E-state index contributed by atoms with van der Waals surface area (Å²) >= 11 is 0. The zero-order chi connectivity index (χ0) is 48.9. The number of benzene rings is 10. The van der Waals surface area contributed by atoms with Crippen LogP contribution in [-0.4, -0.2) is 9.13 Å². The van der Waals surface area contributed by atoms with Crippen molar-refractivity contribution in [3.05, 3.63) is 236 Å². The number of para-hydroxylation sites is 1. The highest BCUT2D eigenvalue weighted by Crippen LogP contribution is 2.43. The molecule has 0 radical (unpaired) electrons. The Balaban J connectivity index is 0.955. The van der Waals surface area contributed by atoms with E-state index in [1.165, 1.54) is 77.0 Å². The van der Waals surface area contributed by atoms with Gasteiger partial charge in [-0.1, -0.05) is 145 Å². The fraction of sp³-hybridized carbons (Fsp3) is 0.118. The predicted molar refractivity (Wildman–Crippen MR) is 305 cm³/mol. The molecule has 0 aliphatic carbocycles. The maximum Gasteiger partial charge on any atom is 0.135 e. The van der Waals surface area contributed by atoms with Crippen molar-refractivity contribution < 1.29 is 4.42 Å². The van der Waals surface area contributed by atoms with Crippen LogP contribution in [0.2, 0.25) is 0 Å². The van der Waals surface area contributed by atoms with Crippen molar-refractivity contribution in [1.29, 1.82) is 0 Å². The van der Waals surface area contributed by atoms with Crippen molar-refractivity contribution in [3.8, 4) is 33.6 Å². The van der Waals surface area contributed by atoms with Gasteiger partial charge in [0.15, 0.2) is 0 Å². The first kappa shape index (κ1) is 43.4. The average molecular weight is 930 g/mol. The molecule has 72 heavy (non-hydrogen) atoms. The maximum absolute atomic E-state index is 6.35. The van der Waals surface area contributed by atoms with Crippen molar-refractivity contribution in [3.63, 3.8) is 0 Å². The molecule has 348 valence electrons. The highest BCUT2D eigenvalue weighted by molar-refractivity contribution is 6.12. The average Bonchev–Trinajstić information content (AvgIpc) is 4.06. The third-order valence-corrected chi connectivity index (χ3v) is 14.8. The molecule has 0 spiro atoms. The van der Waals surface area contributed by atoms with Crippen LogP contribution in [0.3, 0.4) is 0 Å². The molecule has 0 unspecified atom stereocenters. The van der Waals surface area contributed by atoms with E-state index in [2.05, 4.69) is 268 Å². The lowest BCUT2D eigenvalue weighted by atomic mass is 9.85. The van der Waals surface area contributed by atoms with Crippen LogP contribution in [0.15, 0.2) is 229 Å². The summed E-state index contributed by atoms with van der Waals surface area (Å²) in [5.41, 5.74) is 19.4. The van der Waals surface area contributed by atoms with E-state index in [1.54, 1.807) is 0 Å². The van der Waals surface area contributed by atoms with E-state index in [-0.39, 0.29) is 10.8 Å². The number of hydrogen-bond donors (Lipinski definition) is 0. The molecule has 0 saturated carbocycles. The second-order valence-corrected chi connectivity index (χ2v) is 21.5. The van der Waals surface area contributed by atoms with Gasteiger partial charge >= 0.3 is 0 Å². The molecule has 0 aliphatic heterocycles. The van der Waals surface area contributed by atoms with Crippen LogP contribution in [0.4, 0.5) is 17.1 Å². The molecule has 0 atom stereocenters. The minimum absolute atomic E-state index is 0.0297. The van der Waals surface area contributed by atoms with E-state index >= 15 is 0 Å². The van der Waals surface area contributed by atoms with Gasteiger partial charge in [-0.25, -0.2) is 0 Å². The quantitative estimate of drug-likeness (QED) is 0.159. The molecule has 3 aromatic heterocycles. The first-order valence-corrected chi connectivity index (χ1v) is 25.2. The van der Waals surface area contributed by atoms with E-state index in [9.17, 15) is 0 Å². The highest BCUT2D eigenvalue weighted by Gasteiger charge is 2.23. The van der Waals surface area contributed by atoms with E-state index in [1.807, 2.05) is 12.1 Å². The van der Waals surface area contributed by atoms with Crippen molar-refractivity contribution in [2.75, 3.05) is 4.90 Å². The minimum Gasteiger partial charge on any atom is -0.456 e. The van der Waals surface area contributed by atoms with Crippen LogP contribution in [0.5, 0.6) is 0 Å². The smallest absolute Gasteiger partial charge is 0.135 e. The van der Waals surface area contributed by atoms with Crippen molar-refractivity contribution in [1.82, 2.24) is 9.13 Å². The van der Waals surface area contributed by atoms with Gasteiger partial charge in [0.2, 0.25) is 0 Å². The third-order valence-electron chi connectivity index (χ3n) is 14.8. The first-order chi connectivity index (χ1) is 34.9. The summed E-state index contributed by atoms with van der Waals surface area (Å²) in [6, 6.07) is 82.3. The van der Waals surface area contributed by atoms with E-state index < -0.39 is 0 Å². The second-order valence-electron chi connectivity index (χ2n) is 21.5. The molecule has 0 bridgehead atoms. The fourth-order valence-electron chi connectivity index (χ4n) is 11.0. The van der Waals surface area contributed by atoms with E-state index in [4.69, 9.17) is 4.42 Å². The molecule has 0 aliphatic rings. The van der Waals surface area contributed by atoms with Crippen LogP contribution in [0, 0.1) is 0 Å². The number of fused-ring (bicyclic) bond motifs is 9. The SMILES string of the molecule is CC(C)(C)c1ccc2c(c1)c1cc(C(C)(C)C)ccc1n2-c1ccc(N(c2ccc(-n3c4ccc(-c5ccccc5)cc4c4cc(-c5ccccc5)ccc43)cc2)c2ccc3oc4ccccc4c3c2)cc1. The standard InChI is InChI=1S/C68H55N3O/c1-67(2,3)48-23-36-63-58(41-48)59-42-49(68(4,5)6)24-37-64(59)71(63)53-31-27-51(28-32-53)69(54-33-38-66-60(43-54)55-19-13-14-20-65(55)72-66)50-25-29-52(30-26-50)70-61-34-21-46(44-15-9-7-10-16-44)39-56(61)57-40-47(22-35-62(57)70)45-17-11-8-12-18-45/h7-43H,1-6H3. The predicted octanol–water partition coefficient (Wildman–Crippen LogP) is 19.2. The number of aromatic nitrogens is 2. The summed E-state index contributed by atoms with van der Waals surface area (Å²) in [5.74, 6) is 0. The normalized spacial score (nSPS) is 12.3. The molecule has 4 nitrogen and oxygen atoms in total. The van der Waals surface area contributed by atoms with E-state index in [0.29, 0.717) is 0 Å². The minimum atomic E-state index is 0.0297. The van der Waals surface area contributed by atoms with Gasteiger partial charge in [-0.2, -0.15) is 0 Å².